The topological polar surface area (TPSA) is 110 Å². The number of rotatable bonds is 6. The number of sulfonamides is 1. The van der Waals surface area contributed by atoms with Crippen molar-refractivity contribution in [1.29, 1.82) is 0 Å². The lowest BCUT2D eigenvalue weighted by Crippen LogP contribution is -2.14. The number of aromatic nitrogens is 3. The van der Waals surface area contributed by atoms with Crippen molar-refractivity contribution >= 4 is 15.7 Å². The first-order chi connectivity index (χ1) is 12.9. The second kappa shape index (κ2) is 6.41. The Morgan fingerprint density at radius 3 is 2.52 bits per heavy atom. The molecule has 3 aromatic rings. The minimum Gasteiger partial charge on any atom is -0.497 e. The van der Waals surface area contributed by atoms with Crippen molar-refractivity contribution in [1.82, 2.24) is 15.1 Å². The number of nitrogens with one attached hydrogen (secondary N) is 2. The van der Waals surface area contributed by atoms with Crippen LogP contribution in [0.5, 0.6) is 5.75 Å². The molecule has 1 fully saturated rings. The zero-order chi connectivity index (χ0) is 19.2. The lowest BCUT2D eigenvalue weighted by atomic mass is 10.2. The third kappa shape index (κ3) is 3.30. The van der Waals surface area contributed by atoms with Crippen LogP contribution in [0.25, 0.3) is 11.5 Å². The number of H-pyrrole nitrogens is 1. The summed E-state index contributed by atoms with van der Waals surface area (Å²) in [6.45, 7) is 3.49. The minimum absolute atomic E-state index is 0.113. The highest BCUT2D eigenvalue weighted by Crippen LogP contribution is 2.40. The number of ether oxygens (including phenoxy) is 1. The van der Waals surface area contributed by atoms with Crippen molar-refractivity contribution in [2.45, 2.75) is 37.5 Å². The third-order valence-corrected chi connectivity index (χ3v) is 6.08. The van der Waals surface area contributed by atoms with E-state index in [9.17, 15) is 8.42 Å². The van der Waals surface area contributed by atoms with Gasteiger partial charge in [0, 0.05) is 23.0 Å². The maximum Gasteiger partial charge on any atom is 0.264 e. The first-order valence-electron chi connectivity index (χ1n) is 8.59. The Morgan fingerprint density at radius 2 is 1.89 bits per heavy atom. The molecule has 2 heterocycles. The SMILES string of the molecule is COc1ccc(NS(=O)(=O)c2c(C)[nH]c(C)c2-c2nc(C3CC3)no2)cc1. The minimum atomic E-state index is -3.87. The predicted octanol–water partition coefficient (Wildman–Crippen LogP) is 3.37. The summed E-state index contributed by atoms with van der Waals surface area (Å²) in [6, 6.07) is 6.66. The number of aryl methyl sites for hydroxylation is 2. The van der Waals surface area contributed by atoms with E-state index in [0.717, 1.165) is 12.8 Å². The van der Waals surface area contributed by atoms with Gasteiger partial charge in [0.2, 0.25) is 0 Å². The molecule has 1 saturated carbocycles. The van der Waals surface area contributed by atoms with Gasteiger partial charge in [-0.15, -0.1) is 0 Å². The summed E-state index contributed by atoms with van der Waals surface area (Å²) in [5, 5.41) is 4.00. The van der Waals surface area contributed by atoms with Gasteiger partial charge in [0.1, 0.15) is 10.6 Å². The Hall–Kier alpha value is -2.81. The number of nitrogens with zero attached hydrogens (tertiary/aromatic N) is 2. The lowest BCUT2D eigenvalue weighted by Gasteiger charge is -2.10. The molecule has 0 saturated heterocycles. The smallest absolute Gasteiger partial charge is 0.264 e. The first kappa shape index (κ1) is 17.6. The molecule has 0 aliphatic heterocycles. The summed E-state index contributed by atoms with van der Waals surface area (Å²) in [5.74, 6) is 1.81. The molecule has 2 aromatic heterocycles. The fourth-order valence-corrected chi connectivity index (χ4v) is 4.57. The van der Waals surface area contributed by atoms with E-state index in [-0.39, 0.29) is 10.8 Å². The highest BCUT2D eigenvalue weighted by atomic mass is 32.2. The zero-order valence-corrected chi connectivity index (χ0v) is 16.1. The van der Waals surface area contributed by atoms with Gasteiger partial charge in [-0.05, 0) is 51.0 Å². The van der Waals surface area contributed by atoms with Crippen molar-refractivity contribution in [3.8, 4) is 17.2 Å². The summed E-state index contributed by atoms with van der Waals surface area (Å²) in [6.07, 6.45) is 2.07. The van der Waals surface area contributed by atoms with Crippen molar-refractivity contribution in [3.63, 3.8) is 0 Å². The van der Waals surface area contributed by atoms with Crippen LogP contribution in [0.15, 0.2) is 33.7 Å². The molecule has 2 N–H and O–H groups in total. The Kier molecular flexibility index (Phi) is 4.18. The number of methoxy groups -OCH3 is 1. The van der Waals surface area contributed by atoms with Crippen LogP contribution in [0.2, 0.25) is 0 Å². The van der Waals surface area contributed by atoms with Crippen molar-refractivity contribution in [2.75, 3.05) is 11.8 Å². The van der Waals surface area contributed by atoms with Crippen molar-refractivity contribution < 1.29 is 17.7 Å². The standard InChI is InChI=1S/C18H20N4O4S/c1-10-15(18-20-17(21-26-18)12-4-5-12)16(11(2)19-10)27(23,24)22-13-6-8-14(25-3)9-7-13/h6-9,12,19,22H,4-5H2,1-3H3. The second-order valence-corrected chi connectivity index (χ2v) is 8.26. The molecule has 8 nitrogen and oxygen atoms in total. The van der Waals surface area contributed by atoms with E-state index in [2.05, 4.69) is 19.8 Å². The summed E-state index contributed by atoms with van der Waals surface area (Å²) in [7, 11) is -2.31. The molecular weight excluding hydrogens is 368 g/mol. The second-order valence-electron chi connectivity index (χ2n) is 6.65. The molecule has 27 heavy (non-hydrogen) atoms. The average molecular weight is 388 g/mol. The third-order valence-electron chi connectivity index (χ3n) is 4.53. The van der Waals surface area contributed by atoms with Crippen LogP contribution < -0.4 is 9.46 Å². The molecule has 0 unspecified atom stereocenters. The summed E-state index contributed by atoms with van der Waals surface area (Å²) < 4.78 is 39.2. The summed E-state index contributed by atoms with van der Waals surface area (Å²) >= 11 is 0. The molecule has 142 valence electrons. The molecule has 4 rings (SSSR count). The van der Waals surface area contributed by atoms with Gasteiger partial charge in [0.05, 0.1) is 12.7 Å². The Bertz CT molecular complexity index is 1080. The fourth-order valence-electron chi connectivity index (χ4n) is 3.06. The molecule has 0 radical (unpaired) electrons. The highest BCUT2D eigenvalue weighted by Gasteiger charge is 2.32. The van der Waals surface area contributed by atoms with Crippen LogP contribution in [-0.2, 0) is 10.0 Å². The van der Waals surface area contributed by atoms with E-state index in [1.807, 2.05) is 0 Å². The Balaban J connectivity index is 1.72. The van der Waals surface area contributed by atoms with Crippen LogP contribution in [-0.4, -0.2) is 30.7 Å². The molecule has 0 amide bonds. The quantitative estimate of drug-likeness (QED) is 0.670. The Morgan fingerprint density at radius 1 is 1.19 bits per heavy atom. The molecular formula is C18H20N4O4S. The van der Waals surface area contributed by atoms with E-state index >= 15 is 0 Å². The van der Waals surface area contributed by atoms with Crippen LogP contribution in [0.3, 0.4) is 0 Å². The normalized spacial score (nSPS) is 14.3. The molecule has 0 atom stereocenters. The van der Waals surface area contributed by atoms with Gasteiger partial charge in [0.15, 0.2) is 5.82 Å². The number of hydrogen-bond acceptors (Lipinski definition) is 6. The first-order valence-corrected chi connectivity index (χ1v) is 10.1. The number of aromatic amines is 1. The van der Waals surface area contributed by atoms with Crippen LogP contribution in [0.1, 0.15) is 36.0 Å². The van der Waals surface area contributed by atoms with Crippen molar-refractivity contribution in [3.05, 3.63) is 41.5 Å². The molecule has 1 aliphatic rings. The lowest BCUT2D eigenvalue weighted by molar-refractivity contribution is 0.415. The average Bonchev–Trinajstić information content (AvgIpc) is 3.28. The van der Waals surface area contributed by atoms with Crippen molar-refractivity contribution in [2.24, 2.45) is 0 Å². The summed E-state index contributed by atoms with van der Waals surface area (Å²) in [5.41, 5.74) is 2.01. The van der Waals surface area contributed by atoms with Gasteiger partial charge >= 0.3 is 0 Å². The molecule has 0 bridgehead atoms. The van der Waals surface area contributed by atoms with Gasteiger partial charge in [-0.25, -0.2) is 8.42 Å². The number of anilines is 1. The van der Waals surface area contributed by atoms with Gasteiger partial charge in [-0.2, -0.15) is 4.98 Å². The van der Waals surface area contributed by atoms with E-state index in [1.165, 1.54) is 0 Å². The van der Waals surface area contributed by atoms with E-state index in [4.69, 9.17) is 9.26 Å². The number of benzene rings is 1. The fraction of sp³-hybridized carbons (Fsp3) is 0.333. The molecule has 1 aromatic carbocycles. The molecule has 9 heteroatoms. The van der Waals surface area contributed by atoms with E-state index < -0.39 is 10.0 Å². The predicted molar refractivity (Wildman–Crippen MR) is 99.3 cm³/mol. The molecule has 1 aliphatic carbocycles. The number of hydrogen-bond donors (Lipinski definition) is 2. The Labute approximate surface area is 157 Å². The van der Waals surface area contributed by atoms with E-state index in [0.29, 0.717) is 40.1 Å². The van der Waals surface area contributed by atoms with Crippen LogP contribution in [0.4, 0.5) is 5.69 Å². The van der Waals surface area contributed by atoms with E-state index in [1.54, 1.807) is 45.2 Å². The maximum absolute atomic E-state index is 13.1. The van der Waals surface area contributed by atoms with Gasteiger partial charge in [0.25, 0.3) is 15.9 Å². The zero-order valence-electron chi connectivity index (χ0n) is 15.2. The highest BCUT2D eigenvalue weighted by molar-refractivity contribution is 7.93. The maximum atomic E-state index is 13.1. The van der Waals surface area contributed by atoms with Crippen LogP contribution >= 0.6 is 0 Å². The van der Waals surface area contributed by atoms with Gasteiger partial charge in [-0.1, -0.05) is 5.16 Å². The summed E-state index contributed by atoms with van der Waals surface area (Å²) in [4.78, 5) is 7.60. The van der Waals surface area contributed by atoms with Crippen LogP contribution in [0, 0.1) is 13.8 Å². The van der Waals surface area contributed by atoms with Gasteiger partial charge < -0.3 is 14.2 Å². The largest absolute Gasteiger partial charge is 0.497 e. The van der Waals surface area contributed by atoms with Gasteiger partial charge in [-0.3, -0.25) is 4.72 Å². The molecule has 0 spiro atoms. The monoisotopic (exact) mass is 388 g/mol.